The fourth-order valence-electron chi connectivity index (χ4n) is 1.69. The van der Waals surface area contributed by atoms with Crippen LogP contribution in [0.1, 0.15) is 29.4 Å². The summed E-state index contributed by atoms with van der Waals surface area (Å²) in [7, 11) is 1.75. The lowest BCUT2D eigenvalue weighted by Crippen LogP contribution is -2.08. The number of ether oxygens (including phenoxy) is 1. The van der Waals surface area contributed by atoms with Gasteiger partial charge in [-0.2, -0.15) is 5.10 Å². The molecule has 0 unspecified atom stereocenters. The quantitative estimate of drug-likeness (QED) is 0.759. The summed E-state index contributed by atoms with van der Waals surface area (Å²) in [6, 6.07) is 8.95. The molecule has 1 heterocycles. The van der Waals surface area contributed by atoms with Crippen LogP contribution >= 0.6 is 0 Å². The van der Waals surface area contributed by atoms with E-state index in [1.165, 1.54) is 0 Å². The predicted molar refractivity (Wildman–Crippen MR) is 68.9 cm³/mol. The number of benzene rings is 1. The molecule has 1 aromatic heterocycles. The van der Waals surface area contributed by atoms with Crippen molar-refractivity contribution in [2.24, 2.45) is 7.05 Å². The van der Waals surface area contributed by atoms with Gasteiger partial charge in [-0.3, -0.25) is 9.48 Å². The van der Waals surface area contributed by atoms with E-state index in [0.717, 1.165) is 12.2 Å². The van der Waals surface area contributed by atoms with Crippen molar-refractivity contribution in [2.75, 3.05) is 6.61 Å². The molecule has 94 valence electrons. The van der Waals surface area contributed by atoms with Gasteiger partial charge in [0.25, 0.3) is 0 Å². The van der Waals surface area contributed by atoms with Crippen molar-refractivity contribution in [3.05, 3.63) is 47.8 Å². The zero-order valence-electron chi connectivity index (χ0n) is 10.6. The Hall–Kier alpha value is -2.10. The van der Waals surface area contributed by atoms with Crippen molar-refractivity contribution in [1.29, 1.82) is 0 Å². The summed E-state index contributed by atoms with van der Waals surface area (Å²) in [5.41, 5.74) is 1.19. The van der Waals surface area contributed by atoms with E-state index < -0.39 is 0 Å². The van der Waals surface area contributed by atoms with E-state index in [1.54, 1.807) is 36.1 Å². The van der Waals surface area contributed by atoms with Crippen LogP contribution in [0.4, 0.5) is 0 Å². The molecule has 0 aliphatic carbocycles. The van der Waals surface area contributed by atoms with Gasteiger partial charge in [0, 0.05) is 18.8 Å². The molecule has 1 aromatic carbocycles. The van der Waals surface area contributed by atoms with Crippen LogP contribution in [0.2, 0.25) is 0 Å². The largest absolute Gasteiger partial charge is 0.494 e. The summed E-state index contributed by atoms with van der Waals surface area (Å²) in [5.74, 6) is 0.682. The summed E-state index contributed by atoms with van der Waals surface area (Å²) in [6.07, 6.45) is 2.56. The number of carbonyl (C=O) groups is 1. The standard InChI is InChI=1S/C14H16N2O2/c1-3-9-18-12-6-4-5-11(10-12)14(17)13-7-8-15-16(13)2/h4-8,10H,3,9H2,1-2H3. The first-order chi connectivity index (χ1) is 8.72. The SMILES string of the molecule is CCCOc1cccc(C(=O)c2ccnn2C)c1. The van der Waals surface area contributed by atoms with Crippen molar-refractivity contribution in [3.8, 4) is 5.75 Å². The molecule has 4 nitrogen and oxygen atoms in total. The summed E-state index contributed by atoms with van der Waals surface area (Å²) < 4.78 is 7.09. The highest BCUT2D eigenvalue weighted by molar-refractivity contribution is 6.08. The third-order valence-electron chi connectivity index (χ3n) is 2.62. The Morgan fingerprint density at radius 1 is 1.39 bits per heavy atom. The third-order valence-corrected chi connectivity index (χ3v) is 2.62. The Labute approximate surface area is 106 Å². The molecule has 0 radical (unpaired) electrons. The van der Waals surface area contributed by atoms with E-state index in [-0.39, 0.29) is 5.78 Å². The Bertz CT molecular complexity index is 546. The highest BCUT2D eigenvalue weighted by atomic mass is 16.5. The van der Waals surface area contributed by atoms with Crippen molar-refractivity contribution in [3.63, 3.8) is 0 Å². The molecule has 4 heteroatoms. The highest BCUT2D eigenvalue weighted by Crippen LogP contribution is 2.16. The van der Waals surface area contributed by atoms with Crippen molar-refractivity contribution in [2.45, 2.75) is 13.3 Å². The number of hydrogen-bond donors (Lipinski definition) is 0. The van der Waals surface area contributed by atoms with Crippen molar-refractivity contribution in [1.82, 2.24) is 9.78 Å². The van der Waals surface area contributed by atoms with Gasteiger partial charge in [-0.15, -0.1) is 0 Å². The molecule has 0 amide bonds. The zero-order chi connectivity index (χ0) is 13.0. The second-order valence-corrected chi connectivity index (χ2v) is 4.05. The van der Waals surface area contributed by atoms with Gasteiger partial charge in [0.1, 0.15) is 11.4 Å². The molecule has 0 saturated carbocycles. The monoisotopic (exact) mass is 244 g/mol. The molecule has 18 heavy (non-hydrogen) atoms. The number of ketones is 1. The Morgan fingerprint density at radius 2 is 2.22 bits per heavy atom. The van der Waals surface area contributed by atoms with Gasteiger partial charge in [-0.25, -0.2) is 0 Å². The molecular formula is C14H16N2O2. The molecule has 0 fully saturated rings. The molecule has 0 spiro atoms. The molecule has 0 atom stereocenters. The van der Waals surface area contributed by atoms with Crippen LogP contribution in [0.5, 0.6) is 5.75 Å². The fourth-order valence-corrected chi connectivity index (χ4v) is 1.69. The molecule has 0 saturated heterocycles. The summed E-state index contributed by atoms with van der Waals surface area (Å²) >= 11 is 0. The third kappa shape index (κ3) is 2.59. The maximum Gasteiger partial charge on any atom is 0.211 e. The van der Waals surface area contributed by atoms with Crippen LogP contribution in [-0.4, -0.2) is 22.2 Å². The molecule has 0 aliphatic rings. The van der Waals surface area contributed by atoms with E-state index in [2.05, 4.69) is 5.10 Å². The first kappa shape index (κ1) is 12.4. The maximum atomic E-state index is 12.2. The van der Waals surface area contributed by atoms with Crippen LogP contribution < -0.4 is 4.74 Å². The van der Waals surface area contributed by atoms with Crippen molar-refractivity contribution < 1.29 is 9.53 Å². The average Bonchev–Trinajstić information content (AvgIpc) is 2.82. The molecule has 2 rings (SSSR count). The lowest BCUT2D eigenvalue weighted by molar-refractivity contribution is 0.103. The fraction of sp³-hybridized carbons (Fsp3) is 0.286. The van der Waals surface area contributed by atoms with Gasteiger partial charge in [0.2, 0.25) is 5.78 Å². The zero-order valence-corrected chi connectivity index (χ0v) is 10.6. The second kappa shape index (κ2) is 5.49. The number of carbonyl (C=O) groups excluding carboxylic acids is 1. The van der Waals surface area contributed by atoms with E-state index in [4.69, 9.17) is 4.74 Å². The van der Waals surface area contributed by atoms with Crippen LogP contribution in [0.15, 0.2) is 36.5 Å². The Kier molecular flexibility index (Phi) is 3.77. The number of nitrogens with zero attached hydrogens (tertiary/aromatic N) is 2. The average molecular weight is 244 g/mol. The lowest BCUT2D eigenvalue weighted by atomic mass is 10.1. The topological polar surface area (TPSA) is 44.1 Å². The van der Waals surface area contributed by atoms with Gasteiger partial charge in [0.15, 0.2) is 0 Å². The number of hydrogen-bond acceptors (Lipinski definition) is 3. The summed E-state index contributed by atoms with van der Waals surface area (Å²) in [5, 5.41) is 4.00. The minimum Gasteiger partial charge on any atom is -0.494 e. The number of rotatable bonds is 5. The molecule has 0 aliphatic heterocycles. The molecule has 0 N–H and O–H groups in total. The maximum absolute atomic E-state index is 12.2. The van der Waals surface area contributed by atoms with Crippen LogP contribution in [0.3, 0.4) is 0 Å². The van der Waals surface area contributed by atoms with Gasteiger partial charge < -0.3 is 4.74 Å². The van der Waals surface area contributed by atoms with Crippen LogP contribution in [0.25, 0.3) is 0 Å². The Morgan fingerprint density at radius 3 is 2.89 bits per heavy atom. The van der Waals surface area contributed by atoms with E-state index >= 15 is 0 Å². The normalized spacial score (nSPS) is 10.3. The first-order valence-electron chi connectivity index (χ1n) is 5.98. The van der Waals surface area contributed by atoms with Gasteiger partial charge in [-0.05, 0) is 24.6 Å². The number of aromatic nitrogens is 2. The predicted octanol–water partition coefficient (Wildman–Crippen LogP) is 2.44. The minimum absolute atomic E-state index is 0.0445. The molecule has 0 bridgehead atoms. The highest BCUT2D eigenvalue weighted by Gasteiger charge is 2.13. The van der Waals surface area contributed by atoms with Gasteiger partial charge in [0.05, 0.1) is 6.61 Å². The van der Waals surface area contributed by atoms with E-state index in [1.807, 2.05) is 19.1 Å². The summed E-state index contributed by atoms with van der Waals surface area (Å²) in [4.78, 5) is 12.2. The smallest absolute Gasteiger partial charge is 0.211 e. The van der Waals surface area contributed by atoms with Gasteiger partial charge >= 0.3 is 0 Å². The second-order valence-electron chi connectivity index (χ2n) is 4.05. The van der Waals surface area contributed by atoms with Crippen molar-refractivity contribution >= 4 is 5.78 Å². The molecule has 2 aromatic rings. The Balaban J connectivity index is 2.23. The molecular weight excluding hydrogens is 228 g/mol. The first-order valence-corrected chi connectivity index (χ1v) is 5.98. The lowest BCUT2D eigenvalue weighted by Gasteiger charge is -2.06. The summed E-state index contributed by atoms with van der Waals surface area (Å²) in [6.45, 7) is 2.70. The van der Waals surface area contributed by atoms with E-state index in [0.29, 0.717) is 17.9 Å². The van der Waals surface area contributed by atoms with Crippen LogP contribution in [0, 0.1) is 0 Å². The van der Waals surface area contributed by atoms with E-state index in [9.17, 15) is 4.79 Å². The van der Waals surface area contributed by atoms with Crippen LogP contribution in [-0.2, 0) is 7.05 Å². The van der Waals surface area contributed by atoms with Gasteiger partial charge in [-0.1, -0.05) is 19.1 Å². The minimum atomic E-state index is -0.0445. The number of aryl methyl sites for hydroxylation is 1.